The average molecular weight is 385 g/mol. The van der Waals surface area contributed by atoms with Crippen LogP contribution in [0.5, 0.6) is 5.75 Å². The summed E-state index contributed by atoms with van der Waals surface area (Å²) in [6, 6.07) is 11.7. The van der Waals surface area contributed by atoms with Gasteiger partial charge in [0.15, 0.2) is 0 Å². The summed E-state index contributed by atoms with van der Waals surface area (Å²) in [7, 11) is 1.57. The highest BCUT2D eigenvalue weighted by Crippen LogP contribution is 2.33. The summed E-state index contributed by atoms with van der Waals surface area (Å²) in [4.78, 5) is 19.3. The average Bonchev–Trinajstić information content (AvgIpc) is 2.65. The minimum atomic E-state index is -0.970. The zero-order chi connectivity index (χ0) is 19.4. The number of rotatable bonds is 6. The SMILES string of the molecule is COc1cc(Cl)c(C)cc1Nc1cc(Nc2ccc(C(=O)O)cc2)ncn1. The van der Waals surface area contributed by atoms with E-state index in [1.165, 1.54) is 18.5 Å². The largest absolute Gasteiger partial charge is 0.495 e. The Morgan fingerprint density at radius 1 is 1.07 bits per heavy atom. The molecule has 0 aliphatic heterocycles. The van der Waals surface area contributed by atoms with Gasteiger partial charge >= 0.3 is 5.97 Å². The first-order chi connectivity index (χ1) is 13.0. The Morgan fingerprint density at radius 2 is 1.74 bits per heavy atom. The van der Waals surface area contributed by atoms with E-state index in [9.17, 15) is 4.79 Å². The number of benzene rings is 2. The molecule has 3 rings (SSSR count). The molecule has 7 nitrogen and oxygen atoms in total. The zero-order valence-corrected chi connectivity index (χ0v) is 15.4. The van der Waals surface area contributed by atoms with Crippen LogP contribution in [0.3, 0.4) is 0 Å². The van der Waals surface area contributed by atoms with E-state index in [0.717, 1.165) is 11.3 Å². The molecule has 2 aromatic carbocycles. The predicted octanol–water partition coefficient (Wildman–Crippen LogP) is 4.63. The second kappa shape index (κ2) is 7.92. The number of hydrogen-bond donors (Lipinski definition) is 3. The molecule has 0 amide bonds. The molecule has 27 heavy (non-hydrogen) atoms. The molecule has 0 atom stereocenters. The Morgan fingerprint density at radius 3 is 2.37 bits per heavy atom. The molecule has 3 N–H and O–H groups in total. The quantitative estimate of drug-likeness (QED) is 0.570. The first-order valence-corrected chi connectivity index (χ1v) is 8.37. The van der Waals surface area contributed by atoms with Crippen LogP contribution in [0, 0.1) is 6.92 Å². The van der Waals surface area contributed by atoms with E-state index in [0.29, 0.717) is 28.1 Å². The Bertz CT molecular complexity index is 977. The van der Waals surface area contributed by atoms with Crippen LogP contribution in [0.4, 0.5) is 23.0 Å². The van der Waals surface area contributed by atoms with Crippen LogP contribution in [0.2, 0.25) is 5.02 Å². The van der Waals surface area contributed by atoms with Crippen molar-refractivity contribution in [2.75, 3.05) is 17.7 Å². The Labute approximate surface area is 161 Å². The molecule has 0 unspecified atom stereocenters. The molecule has 138 valence electrons. The highest BCUT2D eigenvalue weighted by molar-refractivity contribution is 6.31. The second-order valence-electron chi connectivity index (χ2n) is 5.72. The van der Waals surface area contributed by atoms with Crippen LogP contribution in [0.25, 0.3) is 0 Å². The van der Waals surface area contributed by atoms with Gasteiger partial charge in [0.2, 0.25) is 0 Å². The third kappa shape index (κ3) is 4.45. The monoisotopic (exact) mass is 384 g/mol. The maximum atomic E-state index is 10.9. The summed E-state index contributed by atoms with van der Waals surface area (Å²) in [5.74, 6) is 0.750. The second-order valence-corrected chi connectivity index (χ2v) is 6.13. The fourth-order valence-electron chi connectivity index (χ4n) is 2.41. The van der Waals surface area contributed by atoms with Crippen molar-refractivity contribution in [3.05, 3.63) is 64.9 Å². The van der Waals surface area contributed by atoms with Crippen LogP contribution in [0.15, 0.2) is 48.8 Å². The van der Waals surface area contributed by atoms with Crippen LogP contribution < -0.4 is 15.4 Å². The maximum absolute atomic E-state index is 10.9. The van der Waals surface area contributed by atoms with Crippen LogP contribution in [-0.4, -0.2) is 28.2 Å². The van der Waals surface area contributed by atoms with Crippen molar-refractivity contribution >= 4 is 40.6 Å². The van der Waals surface area contributed by atoms with Crippen LogP contribution in [0.1, 0.15) is 15.9 Å². The van der Waals surface area contributed by atoms with Gasteiger partial charge in [0.05, 0.1) is 18.4 Å². The van der Waals surface area contributed by atoms with Gasteiger partial charge in [0.25, 0.3) is 0 Å². The summed E-state index contributed by atoms with van der Waals surface area (Å²) in [6.07, 6.45) is 1.42. The van der Waals surface area contributed by atoms with Crippen molar-refractivity contribution in [2.45, 2.75) is 6.92 Å². The maximum Gasteiger partial charge on any atom is 0.335 e. The Hall–Kier alpha value is -3.32. The molecule has 1 aromatic heterocycles. The molecule has 1 heterocycles. The molecule has 0 fully saturated rings. The topological polar surface area (TPSA) is 96.4 Å². The summed E-state index contributed by atoms with van der Waals surface area (Å²) < 4.78 is 5.36. The number of halogens is 1. The Kier molecular flexibility index (Phi) is 5.42. The fraction of sp³-hybridized carbons (Fsp3) is 0.105. The number of hydrogen-bond acceptors (Lipinski definition) is 6. The van der Waals surface area contributed by atoms with Crippen molar-refractivity contribution in [2.24, 2.45) is 0 Å². The summed E-state index contributed by atoms with van der Waals surface area (Å²) in [5, 5.41) is 15.9. The van der Waals surface area contributed by atoms with E-state index in [1.54, 1.807) is 31.4 Å². The third-order valence-corrected chi connectivity index (χ3v) is 4.22. The number of aromatic nitrogens is 2. The molecule has 0 spiro atoms. The number of nitrogens with one attached hydrogen (secondary N) is 2. The van der Waals surface area contributed by atoms with Gasteiger partial charge in [-0.3, -0.25) is 0 Å². The lowest BCUT2D eigenvalue weighted by Gasteiger charge is -2.13. The zero-order valence-electron chi connectivity index (χ0n) is 14.7. The molecular weight excluding hydrogens is 368 g/mol. The van der Waals surface area contributed by atoms with Crippen molar-refractivity contribution in [3.8, 4) is 5.75 Å². The molecule has 3 aromatic rings. The normalized spacial score (nSPS) is 10.3. The van der Waals surface area contributed by atoms with Crippen molar-refractivity contribution in [1.82, 2.24) is 9.97 Å². The number of carboxylic acid groups (broad SMARTS) is 1. The Balaban J connectivity index is 1.80. The third-order valence-electron chi connectivity index (χ3n) is 3.81. The van der Waals surface area contributed by atoms with E-state index in [-0.39, 0.29) is 5.56 Å². The minimum absolute atomic E-state index is 0.218. The number of ether oxygens (including phenoxy) is 1. The number of anilines is 4. The standard InChI is InChI=1S/C19H17ClN4O3/c1-11-7-15(16(27-2)8-14(11)20)24-18-9-17(21-10-22-18)23-13-5-3-12(4-6-13)19(25)26/h3-10H,1-2H3,(H,25,26)(H2,21,22,23,24). The van der Waals surface area contributed by atoms with E-state index < -0.39 is 5.97 Å². The minimum Gasteiger partial charge on any atom is -0.495 e. The van der Waals surface area contributed by atoms with Crippen molar-refractivity contribution in [3.63, 3.8) is 0 Å². The highest BCUT2D eigenvalue weighted by atomic mass is 35.5. The highest BCUT2D eigenvalue weighted by Gasteiger charge is 2.09. The first kappa shape index (κ1) is 18.5. The van der Waals surface area contributed by atoms with E-state index in [4.69, 9.17) is 21.4 Å². The van der Waals surface area contributed by atoms with E-state index in [1.807, 2.05) is 13.0 Å². The number of aromatic carboxylic acids is 1. The predicted molar refractivity (Wildman–Crippen MR) is 105 cm³/mol. The number of aryl methyl sites for hydroxylation is 1. The summed E-state index contributed by atoms with van der Waals surface area (Å²) in [6.45, 7) is 1.90. The number of carbonyl (C=O) groups is 1. The van der Waals surface area contributed by atoms with Gasteiger partial charge < -0.3 is 20.5 Å². The van der Waals surface area contributed by atoms with E-state index in [2.05, 4.69) is 20.6 Å². The lowest BCUT2D eigenvalue weighted by Crippen LogP contribution is -2.01. The van der Waals surface area contributed by atoms with Crippen molar-refractivity contribution < 1.29 is 14.6 Å². The van der Waals surface area contributed by atoms with Crippen LogP contribution in [-0.2, 0) is 0 Å². The number of carboxylic acids is 1. The molecule has 0 radical (unpaired) electrons. The summed E-state index contributed by atoms with van der Waals surface area (Å²) >= 11 is 6.13. The first-order valence-electron chi connectivity index (χ1n) is 8.00. The summed E-state index contributed by atoms with van der Waals surface area (Å²) in [5.41, 5.74) is 2.57. The fourth-order valence-corrected chi connectivity index (χ4v) is 2.56. The van der Waals surface area contributed by atoms with Gasteiger partial charge in [0, 0.05) is 22.8 Å². The van der Waals surface area contributed by atoms with Gasteiger partial charge in [-0.15, -0.1) is 0 Å². The molecule has 0 bridgehead atoms. The van der Waals surface area contributed by atoms with Gasteiger partial charge in [0.1, 0.15) is 23.7 Å². The lowest BCUT2D eigenvalue weighted by molar-refractivity contribution is 0.0697. The smallest absolute Gasteiger partial charge is 0.335 e. The molecular formula is C19H17ClN4O3. The molecule has 0 saturated carbocycles. The van der Waals surface area contributed by atoms with Gasteiger partial charge in [-0.05, 0) is 42.8 Å². The number of methoxy groups -OCH3 is 1. The number of nitrogens with zero attached hydrogens (tertiary/aromatic N) is 2. The molecule has 0 aliphatic rings. The van der Waals surface area contributed by atoms with Crippen LogP contribution >= 0.6 is 11.6 Å². The van der Waals surface area contributed by atoms with Gasteiger partial charge in [-0.1, -0.05) is 11.6 Å². The van der Waals surface area contributed by atoms with Crippen molar-refractivity contribution in [1.29, 1.82) is 0 Å². The molecule has 0 saturated heterocycles. The molecule has 0 aliphatic carbocycles. The van der Waals surface area contributed by atoms with Gasteiger partial charge in [-0.25, -0.2) is 14.8 Å². The molecule has 8 heteroatoms. The lowest BCUT2D eigenvalue weighted by atomic mass is 10.2. The van der Waals surface area contributed by atoms with E-state index >= 15 is 0 Å². The van der Waals surface area contributed by atoms with Gasteiger partial charge in [-0.2, -0.15) is 0 Å².